The second-order valence-electron chi connectivity index (χ2n) is 6.38. The maximum Gasteiger partial charge on any atom is 0.227 e. The fourth-order valence-corrected chi connectivity index (χ4v) is 3.27. The fraction of sp³-hybridized carbons (Fsp3) is 0.933. The molecule has 2 heterocycles. The van der Waals surface area contributed by atoms with Crippen molar-refractivity contribution >= 4 is 5.91 Å². The summed E-state index contributed by atoms with van der Waals surface area (Å²) in [5.41, 5.74) is 0. The van der Waals surface area contributed by atoms with E-state index in [1.165, 1.54) is 25.7 Å². The van der Waals surface area contributed by atoms with Crippen molar-refractivity contribution in [3.63, 3.8) is 0 Å². The van der Waals surface area contributed by atoms with Crippen molar-refractivity contribution in [2.24, 2.45) is 11.8 Å². The molecule has 2 aliphatic rings. The molecule has 1 atom stereocenters. The number of amides is 1. The first kappa shape index (κ1) is 13.9. The Morgan fingerprint density at radius 1 is 1.11 bits per heavy atom. The van der Waals surface area contributed by atoms with Gasteiger partial charge in [-0.3, -0.25) is 4.79 Å². The number of likely N-dealkylation sites (tertiary alicyclic amines) is 2. The molecule has 0 saturated carbocycles. The smallest absolute Gasteiger partial charge is 0.227 e. The lowest BCUT2D eigenvalue weighted by Gasteiger charge is -2.24. The van der Waals surface area contributed by atoms with Gasteiger partial charge in [0.15, 0.2) is 0 Å². The van der Waals surface area contributed by atoms with Gasteiger partial charge in [-0.1, -0.05) is 26.7 Å². The van der Waals surface area contributed by atoms with E-state index < -0.39 is 0 Å². The predicted octanol–water partition coefficient (Wildman–Crippen LogP) is 2.37. The number of rotatable bonds is 3. The van der Waals surface area contributed by atoms with E-state index >= 15 is 0 Å². The van der Waals surface area contributed by atoms with Gasteiger partial charge in [0.25, 0.3) is 0 Å². The normalized spacial score (nSPS) is 26.6. The Kier molecular flexibility index (Phi) is 5.04. The highest BCUT2D eigenvalue weighted by molar-refractivity contribution is 5.79. The van der Waals surface area contributed by atoms with Crippen LogP contribution in [0.4, 0.5) is 0 Å². The summed E-state index contributed by atoms with van der Waals surface area (Å²) in [5.74, 6) is 1.42. The summed E-state index contributed by atoms with van der Waals surface area (Å²) in [5, 5.41) is 0. The lowest BCUT2D eigenvalue weighted by molar-refractivity contribution is -0.135. The molecule has 0 spiro atoms. The molecule has 104 valence electrons. The van der Waals surface area contributed by atoms with Crippen molar-refractivity contribution in [1.29, 1.82) is 0 Å². The van der Waals surface area contributed by atoms with Crippen LogP contribution in [0.25, 0.3) is 0 Å². The van der Waals surface area contributed by atoms with Gasteiger partial charge >= 0.3 is 0 Å². The van der Waals surface area contributed by atoms with Crippen LogP contribution in [-0.2, 0) is 4.79 Å². The second kappa shape index (κ2) is 6.55. The Labute approximate surface area is 112 Å². The van der Waals surface area contributed by atoms with Crippen LogP contribution in [-0.4, -0.2) is 48.4 Å². The van der Waals surface area contributed by atoms with Crippen molar-refractivity contribution in [3.8, 4) is 0 Å². The van der Waals surface area contributed by atoms with Gasteiger partial charge in [0, 0.05) is 26.2 Å². The maximum atomic E-state index is 12.5. The van der Waals surface area contributed by atoms with E-state index in [1.807, 2.05) is 0 Å². The molecule has 0 N–H and O–H groups in total. The molecule has 2 fully saturated rings. The highest BCUT2D eigenvalue weighted by atomic mass is 16.2. The molecule has 0 radical (unpaired) electrons. The second-order valence-corrected chi connectivity index (χ2v) is 6.38. The molecule has 3 heteroatoms. The van der Waals surface area contributed by atoms with Gasteiger partial charge in [0.2, 0.25) is 5.91 Å². The van der Waals surface area contributed by atoms with Crippen LogP contribution in [0.3, 0.4) is 0 Å². The molecule has 0 aromatic rings. The number of hydrogen-bond donors (Lipinski definition) is 0. The third kappa shape index (κ3) is 3.71. The van der Waals surface area contributed by atoms with Gasteiger partial charge in [0.1, 0.15) is 0 Å². The zero-order valence-corrected chi connectivity index (χ0v) is 12.0. The lowest BCUT2D eigenvalue weighted by atomic mass is 10.1. The molecular weight excluding hydrogens is 224 g/mol. The Hall–Kier alpha value is -0.570. The summed E-state index contributed by atoms with van der Waals surface area (Å²) in [6, 6.07) is 0. The summed E-state index contributed by atoms with van der Waals surface area (Å²) >= 11 is 0. The summed E-state index contributed by atoms with van der Waals surface area (Å²) in [6.07, 6.45) is 6.08. The monoisotopic (exact) mass is 252 g/mol. The van der Waals surface area contributed by atoms with Crippen molar-refractivity contribution < 1.29 is 4.79 Å². The summed E-state index contributed by atoms with van der Waals surface area (Å²) < 4.78 is 0. The predicted molar refractivity (Wildman–Crippen MR) is 74.4 cm³/mol. The first-order valence-corrected chi connectivity index (χ1v) is 7.68. The zero-order valence-electron chi connectivity index (χ0n) is 12.0. The van der Waals surface area contributed by atoms with Crippen LogP contribution in [0.5, 0.6) is 0 Å². The SMILES string of the molecule is CC(C)CN1CCC(C(=O)N2CCCCCC2)C1. The number of carbonyl (C=O) groups excluding carboxylic acids is 1. The highest BCUT2D eigenvalue weighted by Gasteiger charge is 2.31. The standard InChI is InChI=1S/C15H28N2O/c1-13(2)11-16-10-7-14(12-16)15(18)17-8-5-3-4-6-9-17/h13-14H,3-12H2,1-2H3. The van der Waals surface area contributed by atoms with Gasteiger partial charge < -0.3 is 9.80 Å². The van der Waals surface area contributed by atoms with Crippen molar-refractivity contribution in [1.82, 2.24) is 9.80 Å². The average Bonchev–Trinajstić information content (AvgIpc) is 2.63. The minimum Gasteiger partial charge on any atom is -0.342 e. The molecule has 2 saturated heterocycles. The number of hydrogen-bond acceptors (Lipinski definition) is 2. The van der Waals surface area contributed by atoms with Crippen LogP contribution in [0.1, 0.15) is 46.0 Å². The van der Waals surface area contributed by atoms with E-state index in [2.05, 4.69) is 23.6 Å². The molecule has 3 nitrogen and oxygen atoms in total. The van der Waals surface area contributed by atoms with Gasteiger partial charge in [0.05, 0.1) is 5.92 Å². The fourth-order valence-electron chi connectivity index (χ4n) is 3.27. The van der Waals surface area contributed by atoms with Gasteiger partial charge in [-0.15, -0.1) is 0 Å². The van der Waals surface area contributed by atoms with Crippen LogP contribution in [0.2, 0.25) is 0 Å². The summed E-state index contributed by atoms with van der Waals surface area (Å²) in [6.45, 7) is 9.76. The van der Waals surface area contributed by atoms with E-state index in [9.17, 15) is 4.79 Å². The minimum absolute atomic E-state index is 0.279. The average molecular weight is 252 g/mol. The van der Waals surface area contributed by atoms with Crippen LogP contribution in [0, 0.1) is 11.8 Å². The topological polar surface area (TPSA) is 23.6 Å². The quantitative estimate of drug-likeness (QED) is 0.770. The van der Waals surface area contributed by atoms with Gasteiger partial charge in [-0.25, -0.2) is 0 Å². The third-order valence-electron chi connectivity index (χ3n) is 4.16. The summed E-state index contributed by atoms with van der Waals surface area (Å²) in [7, 11) is 0. The third-order valence-corrected chi connectivity index (χ3v) is 4.16. The largest absolute Gasteiger partial charge is 0.342 e. The molecule has 1 unspecified atom stereocenters. The molecule has 2 rings (SSSR count). The first-order valence-electron chi connectivity index (χ1n) is 7.68. The Balaban J connectivity index is 1.82. The molecular formula is C15H28N2O. The minimum atomic E-state index is 0.279. The van der Waals surface area contributed by atoms with Crippen LogP contribution >= 0.6 is 0 Å². The first-order chi connectivity index (χ1) is 8.66. The van der Waals surface area contributed by atoms with Crippen molar-refractivity contribution in [2.45, 2.75) is 46.0 Å². The molecule has 2 aliphatic heterocycles. The molecule has 0 aromatic carbocycles. The Bertz CT molecular complexity index is 270. The molecule has 1 amide bonds. The van der Waals surface area contributed by atoms with Crippen molar-refractivity contribution in [2.75, 3.05) is 32.7 Å². The van der Waals surface area contributed by atoms with Crippen LogP contribution < -0.4 is 0 Å². The number of nitrogens with zero attached hydrogens (tertiary/aromatic N) is 2. The van der Waals surface area contributed by atoms with E-state index in [1.54, 1.807) is 0 Å². The van der Waals surface area contributed by atoms with E-state index in [0.717, 1.165) is 39.1 Å². The highest BCUT2D eigenvalue weighted by Crippen LogP contribution is 2.21. The maximum absolute atomic E-state index is 12.5. The molecule has 0 bridgehead atoms. The van der Waals surface area contributed by atoms with E-state index in [0.29, 0.717) is 11.8 Å². The van der Waals surface area contributed by atoms with E-state index in [4.69, 9.17) is 0 Å². The Morgan fingerprint density at radius 3 is 2.39 bits per heavy atom. The zero-order chi connectivity index (χ0) is 13.0. The summed E-state index contributed by atoms with van der Waals surface area (Å²) in [4.78, 5) is 17.1. The van der Waals surface area contributed by atoms with E-state index in [-0.39, 0.29) is 5.92 Å². The Morgan fingerprint density at radius 2 is 1.78 bits per heavy atom. The lowest BCUT2D eigenvalue weighted by Crippen LogP contribution is -2.38. The number of carbonyl (C=O) groups is 1. The molecule has 18 heavy (non-hydrogen) atoms. The van der Waals surface area contributed by atoms with Gasteiger partial charge in [-0.2, -0.15) is 0 Å². The molecule has 0 aliphatic carbocycles. The van der Waals surface area contributed by atoms with Crippen LogP contribution in [0.15, 0.2) is 0 Å². The molecule has 0 aromatic heterocycles. The van der Waals surface area contributed by atoms with Gasteiger partial charge in [-0.05, 0) is 31.7 Å². The van der Waals surface area contributed by atoms with Crippen molar-refractivity contribution in [3.05, 3.63) is 0 Å².